The van der Waals surface area contributed by atoms with E-state index in [0.717, 1.165) is 30.8 Å². The van der Waals surface area contributed by atoms with Crippen molar-refractivity contribution in [2.75, 3.05) is 23.3 Å². The zero-order chi connectivity index (χ0) is 14.7. The number of anilines is 2. The summed E-state index contributed by atoms with van der Waals surface area (Å²) in [4.78, 5) is 14.4. The van der Waals surface area contributed by atoms with Crippen LogP contribution in [0.2, 0.25) is 0 Å². The van der Waals surface area contributed by atoms with Gasteiger partial charge in [-0.15, -0.1) is 0 Å². The Morgan fingerprint density at radius 3 is 2.81 bits per heavy atom. The number of nitrogens with one attached hydrogen (secondary N) is 1. The summed E-state index contributed by atoms with van der Waals surface area (Å²) in [6.07, 6.45) is 2.10. The molecule has 0 aromatic heterocycles. The van der Waals surface area contributed by atoms with E-state index in [9.17, 15) is 4.79 Å². The van der Waals surface area contributed by atoms with Gasteiger partial charge < -0.3 is 10.2 Å². The van der Waals surface area contributed by atoms with Crippen molar-refractivity contribution in [3.63, 3.8) is 0 Å². The number of nitrogens with zero attached hydrogens (tertiary/aromatic N) is 1. The number of fused-ring (bicyclic) bond motifs is 1. The molecular weight excluding hydrogens is 260 g/mol. The van der Waals surface area contributed by atoms with Gasteiger partial charge in [0.2, 0.25) is 5.91 Å². The molecule has 3 nitrogen and oxygen atoms in total. The zero-order valence-corrected chi connectivity index (χ0v) is 12.3. The van der Waals surface area contributed by atoms with Crippen LogP contribution in [-0.4, -0.2) is 19.0 Å². The molecular formula is C18H20N2O. The van der Waals surface area contributed by atoms with Gasteiger partial charge in [-0.1, -0.05) is 35.9 Å². The number of aryl methyl sites for hydroxylation is 2. The van der Waals surface area contributed by atoms with Gasteiger partial charge in [-0.25, -0.2) is 0 Å². The first-order valence-corrected chi connectivity index (χ1v) is 7.43. The number of hydrogen-bond donors (Lipinski definition) is 1. The molecule has 0 saturated carbocycles. The van der Waals surface area contributed by atoms with Gasteiger partial charge >= 0.3 is 0 Å². The van der Waals surface area contributed by atoms with E-state index in [4.69, 9.17) is 0 Å². The smallest absolute Gasteiger partial charge is 0.246 e. The van der Waals surface area contributed by atoms with Crippen molar-refractivity contribution in [1.82, 2.24) is 0 Å². The predicted octanol–water partition coefficient (Wildman–Crippen LogP) is 3.39. The SMILES string of the molecule is Cc1ccc2c(c1)CCCN2C(=O)CNc1ccccc1. The highest BCUT2D eigenvalue weighted by Gasteiger charge is 2.22. The van der Waals surface area contributed by atoms with Crippen molar-refractivity contribution < 1.29 is 4.79 Å². The first-order valence-electron chi connectivity index (χ1n) is 7.43. The summed E-state index contributed by atoms with van der Waals surface area (Å²) in [6, 6.07) is 16.2. The first-order chi connectivity index (χ1) is 10.2. The van der Waals surface area contributed by atoms with Crippen molar-refractivity contribution >= 4 is 17.3 Å². The van der Waals surface area contributed by atoms with Gasteiger partial charge in [-0.3, -0.25) is 4.79 Å². The number of carbonyl (C=O) groups excluding carboxylic acids is 1. The molecule has 0 saturated heterocycles. The molecule has 0 bridgehead atoms. The van der Waals surface area contributed by atoms with E-state index in [1.807, 2.05) is 35.2 Å². The highest BCUT2D eigenvalue weighted by Crippen LogP contribution is 2.28. The molecule has 1 aliphatic heterocycles. The Balaban J connectivity index is 1.71. The van der Waals surface area contributed by atoms with Gasteiger partial charge in [-0.05, 0) is 43.5 Å². The zero-order valence-electron chi connectivity index (χ0n) is 12.3. The van der Waals surface area contributed by atoms with Crippen molar-refractivity contribution in [3.05, 3.63) is 59.7 Å². The summed E-state index contributed by atoms with van der Waals surface area (Å²) in [6.45, 7) is 3.24. The second-order valence-corrected chi connectivity index (χ2v) is 5.50. The molecule has 0 atom stereocenters. The maximum absolute atomic E-state index is 12.5. The van der Waals surface area contributed by atoms with E-state index in [1.165, 1.54) is 11.1 Å². The minimum absolute atomic E-state index is 0.128. The number of amides is 1. The monoisotopic (exact) mass is 280 g/mol. The van der Waals surface area contributed by atoms with Crippen LogP contribution in [0.1, 0.15) is 17.5 Å². The van der Waals surface area contributed by atoms with Crippen LogP contribution >= 0.6 is 0 Å². The lowest BCUT2D eigenvalue weighted by Crippen LogP contribution is -2.39. The topological polar surface area (TPSA) is 32.3 Å². The first kappa shape index (κ1) is 13.7. The minimum atomic E-state index is 0.128. The molecule has 0 unspecified atom stereocenters. The Kier molecular flexibility index (Phi) is 3.91. The molecule has 1 aliphatic rings. The molecule has 0 radical (unpaired) electrons. The molecule has 108 valence electrons. The Morgan fingerprint density at radius 2 is 2.00 bits per heavy atom. The maximum atomic E-state index is 12.5. The lowest BCUT2D eigenvalue weighted by Gasteiger charge is -2.30. The Morgan fingerprint density at radius 1 is 1.19 bits per heavy atom. The highest BCUT2D eigenvalue weighted by atomic mass is 16.2. The predicted molar refractivity (Wildman–Crippen MR) is 86.8 cm³/mol. The van der Waals surface area contributed by atoms with E-state index in [0.29, 0.717) is 6.54 Å². The Hall–Kier alpha value is -2.29. The number of benzene rings is 2. The molecule has 3 heteroatoms. The van der Waals surface area contributed by atoms with Crippen molar-refractivity contribution in [3.8, 4) is 0 Å². The van der Waals surface area contributed by atoms with Gasteiger partial charge in [0.1, 0.15) is 0 Å². The van der Waals surface area contributed by atoms with Crippen LogP contribution in [0, 0.1) is 6.92 Å². The molecule has 0 fully saturated rings. The van der Waals surface area contributed by atoms with Crippen molar-refractivity contribution in [2.45, 2.75) is 19.8 Å². The Labute approximate surface area is 125 Å². The van der Waals surface area contributed by atoms with Crippen LogP contribution < -0.4 is 10.2 Å². The molecule has 2 aromatic carbocycles. The number of hydrogen-bond acceptors (Lipinski definition) is 2. The van der Waals surface area contributed by atoms with Crippen LogP contribution in [0.5, 0.6) is 0 Å². The average Bonchev–Trinajstić information content (AvgIpc) is 2.52. The van der Waals surface area contributed by atoms with Gasteiger partial charge in [0, 0.05) is 17.9 Å². The standard InChI is InChI=1S/C18H20N2O/c1-14-9-10-17-15(12-14)6-5-11-20(17)18(21)13-19-16-7-3-2-4-8-16/h2-4,7-10,12,19H,5-6,11,13H2,1H3. The number of para-hydroxylation sites is 1. The number of rotatable bonds is 3. The van der Waals surface area contributed by atoms with Crippen LogP contribution in [0.15, 0.2) is 48.5 Å². The second-order valence-electron chi connectivity index (χ2n) is 5.50. The minimum Gasteiger partial charge on any atom is -0.376 e. The molecule has 1 N–H and O–H groups in total. The van der Waals surface area contributed by atoms with Crippen molar-refractivity contribution in [2.24, 2.45) is 0 Å². The van der Waals surface area contributed by atoms with Gasteiger partial charge in [0.05, 0.1) is 6.54 Å². The van der Waals surface area contributed by atoms with Gasteiger partial charge in [-0.2, -0.15) is 0 Å². The highest BCUT2D eigenvalue weighted by molar-refractivity contribution is 5.97. The molecule has 0 spiro atoms. The molecule has 3 rings (SSSR count). The fraction of sp³-hybridized carbons (Fsp3) is 0.278. The summed E-state index contributed by atoms with van der Waals surface area (Å²) in [5, 5.41) is 3.19. The average molecular weight is 280 g/mol. The normalized spacial score (nSPS) is 13.7. The summed E-state index contributed by atoms with van der Waals surface area (Å²) in [7, 11) is 0. The summed E-state index contributed by atoms with van der Waals surface area (Å²) in [5.41, 5.74) is 4.60. The van der Waals surface area contributed by atoms with Crippen LogP contribution in [0.3, 0.4) is 0 Å². The van der Waals surface area contributed by atoms with E-state index in [2.05, 4.69) is 30.4 Å². The summed E-state index contributed by atoms with van der Waals surface area (Å²) < 4.78 is 0. The molecule has 1 amide bonds. The summed E-state index contributed by atoms with van der Waals surface area (Å²) in [5.74, 6) is 0.128. The fourth-order valence-corrected chi connectivity index (χ4v) is 2.81. The van der Waals surface area contributed by atoms with Gasteiger partial charge in [0.15, 0.2) is 0 Å². The lowest BCUT2D eigenvalue weighted by molar-refractivity contribution is -0.117. The van der Waals surface area contributed by atoms with Crippen LogP contribution in [0.25, 0.3) is 0 Å². The molecule has 0 aliphatic carbocycles. The Bertz CT molecular complexity index is 637. The third-order valence-electron chi connectivity index (χ3n) is 3.87. The lowest BCUT2D eigenvalue weighted by atomic mass is 9.99. The molecule has 21 heavy (non-hydrogen) atoms. The third-order valence-corrected chi connectivity index (χ3v) is 3.87. The van der Waals surface area contributed by atoms with Crippen LogP contribution in [-0.2, 0) is 11.2 Å². The molecule has 1 heterocycles. The summed E-state index contributed by atoms with van der Waals surface area (Å²) >= 11 is 0. The second kappa shape index (κ2) is 6.00. The largest absolute Gasteiger partial charge is 0.376 e. The van der Waals surface area contributed by atoms with Crippen LogP contribution in [0.4, 0.5) is 11.4 Å². The number of carbonyl (C=O) groups is 1. The van der Waals surface area contributed by atoms with Crippen molar-refractivity contribution in [1.29, 1.82) is 0 Å². The third kappa shape index (κ3) is 3.07. The van der Waals surface area contributed by atoms with E-state index in [1.54, 1.807) is 0 Å². The van der Waals surface area contributed by atoms with E-state index in [-0.39, 0.29) is 5.91 Å². The quantitative estimate of drug-likeness (QED) is 0.934. The van der Waals surface area contributed by atoms with E-state index >= 15 is 0 Å². The van der Waals surface area contributed by atoms with Gasteiger partial charge in [0.25, 0.3) is 0 Å². The molecule has 2 aromatic rings. The van der Waals surface area contributed by atoms with E-state index < -0.39 is 0 Å². The maximum Gasteiger partial charge on any atom is 0.246 e. The fourth-order valence-electron chi connectivity index (χ4n) is 2.81.